The van der Waals surface area contributed by atoms with Crippen LogP contribution in [-0.4, -0.2) is 36.6 Å². The molecule has 0 saturated carbocycles. The van der Waals surface area contributed by atoms with Crippen LogP contribution in [0.2, 0.25) is 0 Å². The van der Waals surface area contributed by atoms with Crippen LogP contribution >= 0.6 is 0 Å². The topological polar surface area (TPSA) is 95.0 Å². The number of hydrogen-bond acceptors (Lipinski definition) is 5. The molecule has 0 radical (unpaired) electrons. The SMILES string of the molecule is Cc1cc(C)c(C#N)c(N2CCNCC2C(N)=O)n1. The number of nitrogens with zero attached hydrogens (tertiary/aromatic N) is 3. The maximum Gasteiger partial charge on any atom is 0.241 e. The maximum absolute atomic E-state index is 11.5. The number of aromatic nitrogens is 1. The number of nitriles is 1. The van der Waals surface area contributed by atoms with Crippen LogP contribution in [0.3, 0.4) is 0 Å². The second-order valence-electron chi connectivity index (χ2n) is 4.71. The molecule has 1 saturated heterocycles. The minimum Gasteiger partial charge on any atom is -0.368 e. The van der Waals surface area contributed by atoms with E-state index in [2.05, 4.69) is 16.4 Å². The molecule has 0 aromatic carbocycles. The van der Waals surface area contributed by atoms with Gasteiger partial charge in [-0.25, -0.2) is 4.98 Å². The number of nitrogens with two attached hydrogens (primary N) is 1. The van der Waals surface area contributed by atoms with Crippen molar-refractivity contribution < 1.29 is 4.79 Å². The average molecular weight is 259 g/mol. The zero-order valence-electron chi connectivity index (χ0n) is 11.1. The minimum absolute atomic E-state index is 0.406. The monoisotopic (exact) mass is 259 g/mol. The van der Waals surface area contributed by atoms with Crippen LogP contribution in [0.1, 0.15) is 16.8 Å². The molecule has 0 bridgehead atoms. The van der Waals surface area contributed by atoms with Crippen LogP contribution in [0.5, 0.6) is 0 Å². The Balaban J connectivity index is 2.50. The van der Waals surface area contributed by atoms with Crippen molar-refractivity contribution >= 4 is 11.7 Å². The second kappa shape index (κ2) is 5.24. The van der Waals surface area contributed by atoms with Crippen LogP contribution in [0.15, 0.2) is 6.07 Å². The summed E-state index contributed by atoms with van der Waals surface area (Å²) in [7, 11) is 0. The third-order valence-electron chi connectivity index (χ3n) is 3.28. The molecular formula is C13H17N5O. The fourth-order valence-corrected chi connectivity index (χ4v) is 2.38. The molecular weight excluding hydrogens is 242 g/mol. The van der Waals surface area contributed by atoms with E-state index in [-0.39, 0.29) is 0 Å². The van der Waals surface area contributed by atoms with Crippen molar-refractivity contribution in [3.05, 3.63) is 22.9 Å². The molecule has 19 heavy (non-hydrogen) atoms. The van der Waals surface area contributed by atoms with Gasteiger partial charge in [0, 0.05) is 25.3 Å². The van der Waals surface area contributed by atoms with E-state index in [4.69, 9.17) is 5.73 Å². The standard InChI is InChI=1S/C13H17N5O/c1-8-5-9(2)17-13(10(8)6-14)18-4-3-16-7-11(18)12(15)19/h5,11,16H,3-4,7H2,1-2H3,(H2,15,19). The van der Waals surface area contributed by atoms with Gasteiger partial charge in [-0.2, -0.15) is 5.26 Å². The van der Waals surface area contributed by atoms with Crippen molar-refractivity contribution in [2.45, 2.75) is 19.9 Å². The van der Waals surface area contributed by atoms with Gasteiger partial charge in [-0.1, -0.05) is 0 Å². The van der Waals surface area contributed by atoms with E-state index in [1.807, 2.05) is 24.8 Å². The Morgan fingerprint density at radius 1 is 1.63 bits per heavy atom. The number of pyridine rings is 1. The van der Waals surface area contributed by atoms with Crippen molar-refractivity contribution in [2.75, 3.05) is 24.5 Å². The highest BCUT2D eigenvalue weighted by Gasteiger charge is 2.30. The predicted molar refractivity (Wildman–Crippen MR) is 71.6 cm³/mol. The first-order valence-electron chi connectivity index (χ1n) is 6.19. The predicted octanol–water partition coefficient (Wildman–Crippen LogP) is -0.166. The Labute approximate surface area is 112 Å². The van der Waals surface area contributed by atoms with Gasteiger partial charge in [0.05, 0.1) is 5.56 Å². The van der Waals surface area contributed by atoms with Gasteiger partial charge in [-0.05, 0) is 25.5 Å². The molecule has 2 rings (SSSR count). The molecule has 0 aliphatic carbocycles. The van der Waals surface area contributed by atoms with Crippen LogP contribution in [0.25, 0.3) is 0 Å². The summed E-state index contributed by atoms with van der Waals surface area (Å²) in [4.78, 5) is 17.8. The summed E-state index contributed by atoms with van der Waals surface area (Å²) in [5, 5.41) is 12.4. The van der Waals surface area contributed by atoms with Gasteiger partial charge in [-0.15, -0.1) is 0 Å². The lowest BCUT2D eigenvalue weighted by Crippen LogP contribution is -2.57. The van der Waals surface area contributed by atoms with E-state index in [0.717, 1.165) is 17.8 Å². The number of amides is 1. The van der Waals surface area contributed by atoms with Crippen molar-refractivity contribution in [1.29, 1.82) is 5.26 Å². The van der Waals surface area contributed by atoms with Crippen LogP contribution in [0.4, 0.5) is 5.82 Å². The number of anilines is 1. The molecule has 3 N–H and O–H groups in total. The van der Waals surface area contributed by atoms with E-state index < -0.39 is 11.9 Å². The van der Waals surface area contributed by atoms with Crippen LogP contribution in [-0.2, 0) is 4.79 Å². The summed E-state index contributed by atoms with van der Waals surface area (Å²) in [6.45, 7) is 5.58. The number of piperazine rings is 1. The summed E-state index contributed by atoms with van der Waals surface area (Å²) < 4.78 is 0. The first kappa shape index (κ1) is 13.3. The van der Waals surface area contributed by atoms with Crippen molar-refractivity contribution in [3.63, 3.8) is 0 Å². The molecule has 1 atom stereocenters. The number of nitrogens with one attached hydrogen (secondary N) is 1. The van der Waals surface area contributed by atoms with E-state index in [9.17, 15) is 10.1 Å². The van der Waals surface area contributed by atoms with Crippen molar-refractivity contribution in [1.82, 2.24) is 10.3 Å². The molecule has 6 nitrogen and oxygen atoms in total. The van der Waals surface area contributed by atoms with E-state index >= 15 is 0 Å². The van der Waals surface area contributed by atoms with Gasteiger partial charge in [0.2, 0.25) is 5.91 Å². The number of carbonyl (C=O) groups excluding carboxylic acids is 1. The fourth-order valence-electron chi connectivity index (χ4n) is 2.38. The molecule has 1 unspecified atom stereocenters. The highest BCUT2D eigenvalue weighted by molar-refractivity contribution is 5.84. The summed E-state index contributed by atoms with van der Waals surface area (Å²) in [6.07, 6.45) is 0. The molecule has 1 aromatic heterocycles. The molecule has 1 amide bonds. The second-order valence-corrected chi connectivity index (χ2v) is 4.71. The number of hydrogen-bond donors (Lipinski definition) is 2. The molecule has 1 aromatic rings. The lowest BCUT2D eigenvalue weighted by atomic mass is 10.1. The number of aryl methyl sites for hydroxylation is 2. The van der Waals surface area contributed by atoms with Gasteiger partial charge in [0.1, 0.15) is 17.9 Å². The summed E-state index contributed by atoms with van der Waals surface area (Å²) in [6, 6.07) is 3.57. The summed E-state index contributed by atoms with van der Waals surface area (Å²) in [5.74, 6) is 0.155. The van der Waals surface area contributed by atoms with E-state index in [0.29, 0.717) is 24.5 Å². The Bertz CT molecular complexity index is 549. The lowest BCUT2D eigenvalue weighted by Gasteiger charge is -2.35. The molecule has 100 valence electrons. The Kier molecular flexibility index (Phi) is 3.67. The summed E-state index contributed by atoms with van der Waals surface area (Å²) >= 11 is 0. The molecule has 2 heterocycles. The van der Waals surface area contributed by atoms with E-state index in [1.54, 1.807) is 0 Å². The Morgan fingerprint density at radius 3 is 3.00 bits per heavy atom. The van der Waals surface area contributed by atoms with E-state index in [1.165, 1.54) is 0 Å². The zero-order chi connectivity index (χ0) is 14.0. The van der Waals surface area contributed by atoms with Gasteiger partial charge >= 0.3 is 0 Å². The largest absolute Gasteiger partial charge is 0.368 e. The van der Waals surface area contributed by atoms with Gasteiger partial charge in [0.25, 0.3) is 0 Å². The number of primary amides is 1. The highest BCUT2D eigenvalue weighted by Crippen LogP contribution is 2.24. The van der Waals surface area contributed by atoms with Crippen LogP contribution < -0.4 is 16.0 Å². The normalized spacial score (nSPS) is 19.0. The van der Waals surface area contributed by atoms with Gasteiger partial charge < -0.3 is 16.0 Å². The van der Waals surface area contributed by atoms with Gasteiger partial charge in [-0.3, -0.25) is 4.79 Å². The minimum atomic E-state index is -0.463. The smallest absolute Gasteiger partial charge is 0.241 e. The third-order valence-corrected chi connectivity index (χ3v) is 3.28. The maximum atomic E-state index is 11.5. The molecule has 6 heteroatoms. The first-order chi connectivity index (χ1) is 9.04. The number of carbonyl (C=O) groups is 1. The lowest BCUT2D eigenvalue weighted by molar-refractivity contribution is -0.119. The van der Waals surface area contributed by atoms with Crippen molar-refractivity contribution in [2.24, 2.45) is 5.73 Å². The molecule has 1 aliphatic heterocycles. The highest BCUT2D eigenvalue weighted by atomic mass is 16.1. The number of rotatable bonds is 2. The zero-order valence-corrected chi connectivity index (χ0v) is 11.1. The third kappa shape index (κ3) is 2.51. The molecule has 0 spiro atoms. The molecule has 1 fully saturated rings. The van der Waals surface area contributed by atoms with Gasteiger partial charge in [0.15, 0.2) is 0 Å². The molecule has 1 aliphatic rings. The fraction of sp³-hybridized carbons (Fsp3) is 0.462. The quantitative estimate of drug-likeness (QED) is 0.769. The summed E-state index contributed by atoms with van der Waals surface area (Å²) in [5.41, 5.74) is 7.64. The first-order valence-corrected chi connectivity index (χ1v) is 6.19. The average Bonchev–Trinajstić information content (AvgIpc) is 2.37. The van der Waals surface area contributed by atoms with Crippen molar-refractivity contribution in [3.8, 4) is 6.07 Å². The van der Waals surface area contributed by atoms with Crippen LogP contribution in [0, 0.1) is 25.2 Å². The Morgan fingerprint density at radius 2 is 2.37 bits per heavy atom. The Hall–Kier alpha value is -2.13.